The molecule has 1 aliphatic heterocycles. The Morgan fingerprint density at radius 1 is 1.02 bits per heavy atom. The van der Waals surface area contributed by atoms with Crippen LogP contribution in [0.5, 0.6) is 11.6 Å². The second kappa shape index (κ2) is 9.02. The number of likely N-dealkylation sites (tertiary alicyclic amines) is 1. The van der Waals surface area contributed by atoms with E-state index >= 15 is 0 Å². The Bertz CT molecular complexity index is 1610. The van der Waals surface area contributed by atoms with E-state index in [2.05, 4.69) is 4.98 Å². The average Bonchev–Trinajstić information content (AvgIpc) is 3.74. The molecule has 4 heterocycles. The van der Waals surface area contributed by atoms with Crippen molar-refractivity contribution in [3.05, 3.63) is 77.5 Å². The van der Waals surface area contributed by atoms with E-state index in [1.54, 1.807) is 12.1 Å². The SMILES string of the molecule is Cc1cn2cc(C(=O)N3C[C@@H]4C(Oc5cc(C(C)(C)N)cc(-c6ccc(F)cc6)n5)[C@@H]4C3)cc(OC3CC3)c2n1. The quantitative estimate of drug-likeness (QED) is 0.364. The number of carbonyl (C=O) groups is 1. The minimum Gasteiger partial charge on any atom is -0.486 e. The number of nitrogens with two attached hydrogens (primary N) is 1. The van der Waals surface area contributed by atoms with Crippen molar-refractivity contribution < 1.29 is 18.7 Å². The summed E-state index contributed by atoms with van der Waals surface area (Å²) in [6, 6.07) is 11.9. The Morgan fingerprint density at radius 3 is 2.42 bits per heavy atom. The van der Waals surface area contributed by atoms with Gasteiger partial charge in [-0.05, 0) is 75.6 Å². The van der Waals surface area contributed by atoms with E-state index in [4.69, 9.17) is 20.2 Å². The largest absolute Gasteiger partial charge is 0.486 e. The monoisotopic (exact) mass is 541 g/mol. The van der Waals surface area contributed by atoms with E-state index in [1.807, 2.05) is 60.7 Å². The number of hydrogen-bond donors (Lipinski definition) is 1. The summed E-state index contributed by atoms with van der Waals surface area (Å²) in [7, 11) is 0. The molecule has 1 amide bonds. The topological polar surface area (TPSA) is 95.0 Å². The van der Waals surface area contributed by atoms with Gasteiger partial charge in [0.1, 0.15) is 11.9 Å². The molecule has 0 bridgehead atoms. The van der Waals surface area contributed by atoms with Crippen LogP contribution in [0.15, 0.2) is 54.9 Å². The molecule has 9 heteroatoms. The number of amides is 1. The van der Waals surface area contributed by atoms with E-state index in [0.717, 1.165) is 35.3 Å². The van der Waals surface area contributed by atoms with Gasteiger partial charge in [0.2, 0.25) is 5.88 Å². The van der Waals surface area contributed by atoms with Crippen LogP contribution >= 0.6 is 0 Å². The van der Waals surface area contributed by atoms with Gasteiger partial charge in [0, 0.05) is 54.5 Å². The zero-order valence-electron chi connectivity index (χ0n) is 22.8. The zero-order chi connectivity index (χ0) is 27.8. The predicted octanol–water partition coefficient (Wildman–Crippen LogP) is 4.73. The molecule has 206 valence electrons. The summed E-state index contributed by atoms with van der Waals surface area (Å²) in [5.74, 6) is 1.34. The fourth-order valence-electron chi connectivity index (χ4n) is 5.60. The van der Waals surface area contributed by atoms with Gasteiger partial charge >= 0.3 is 0 Å². The first-order valence-electron chi connectivity index (χ1n) is 13.8. The molecule has 40 heavy (non-hydrogen) atoms. The molecule has 3 aromatic heterocycles. The van der Waals surface area contributed by atoms with E-state index in [0.29, 0.717) is 36.0 Å². The maximum absolute atomic E-state index is 13.5. The fraction of sp³-hybridized carbons (Fsp3) is 0.387. The van der Waals surface area contributed by atoms with Crippen LogP contribution in [0.1, 0.15) is 48.3 Å². The first-order chi connectivity index (χ1) is 19.1. The van der Waals surface area contributed by atoms with Crippen LogP contribution in [0.4, 0.5) is 4.39 Å². The molecule has 2 N–H and O–H groups in total. The number of benzene rings is 1. The van der Waals surface area contributed by atoms with Crippen molar-refractivity contribution in [3.8, 4) is 22.9 Å². The van der Waals surface area contributed by atoms with Crippen LogP contribution in [-0.2, 0) is 5.54 Å². The minimum atomic E-state index is -0.602. The molecule has 7 rings (SSSR count). The van der Waals surface area contributed by atoms with Crippen molar-refractivity contribution >= 4 is 11.6 Å². The van der Waals surface area contributed by atoms with Crippen molar-refractivity contribution in [2.75, 3.05) is 13.1 Å². The summed E-state index contributed by atoms with van der Waals surface area (Å²) in [6.45, 7) is 7.05. The van der Waals surface area contributed by atoms with Gasteiger partial charge < -0.3 is 24.5 Å². The highest BCUT2D eigenvalue weighted by Gasteiger charge is 2.59. The van der Waals surface area contributed by atoms with E-state index in [1.165, 1.54) is 12.1 Å². The second-order valence-electron chi connectivity index (χ2n) is 12.0. The molecule has 1 unspecified atom stereocenters. The highest BCUT2D eigenvalue weighted by molar-refractivity contribution is 5.95. The standard InChI is InChI=1S/C31H32FN5O3/c1-17-13-36-14-19(10-26(29(36)34-17)39-22-8-9-22)30(38)37-15-23-24(16-37)28(23)40-27-12-20(31(2,3)33)11-25(35-27)18-4-6-21(32)7-5-18/h4-7,10-14,22-24,28H,8-9,15-16,33H2,1-3H3/t23-,24+,28?. The van der Waals surface area contributed by atoms with Crippen molar-refractivity contribution in [3.63, 3.8) is 0 Å². The van der Waals surface area contributed by atoms with Gasteiger partial charge in [0.15, 0.2) is 11.4 Å². The van der Waals surface area contributed by atoms with E-state index < -0.39 is 5.54 Å². The fourth-order valence-corrected chi connectivity index (χ4v) is 5.60. The number of fused-ring (bicyclic) bond motifs is 2. The molecule has 1 saturated heterocycles. The number of rotatable bonds is 7. The lowest BCUT2D eigenvalue weighted by Gasteiger charge is -2.23. The number of nitrogens with zero attached hydrogens (tertiary/aromatic N) is 4. The summed E-state index contributed by atoms with van der Waals surface area (Å²) < 4.78 is 27.8. The van der Waals surface area contributed by atoms with Gasteiger partial charge in [-0.15, -0.1) is 0 Å². The van der Waals surface area contributed by atoms with Gasteiger partial charge in [-0.3, -0.25) is 4.79 Å². The lowest BCUT2D eigenvalue weighted by molar-refractivity contribution is 0.0750. The third-order valence-electron chi connectivity index (χ3n) is 8.05. The lowest BCUT2D eigenvalue weighted by atomic mass is 9.95. The first kappa shape index (κ1) is 25.0. The molecule has 8 nitrogen and oxygen atoms in total. The number of aryl methyl sites for hydroxylation is 1. The third-order valence-corrected chi connectivity index (χ3v) is 8.05. The molecule has 2 saturated carbocycles. The van der Waals surface area contributed by atoms with Crippen LogP contribution < -0.4 is 15.2 Å². The maximum Gasteiger partial charge on any atom is 0.255 e. The number of carbonyl (C=O) groups excluding carboxylic acids is 1. The summed E-state index contributed by atoms with van der Waals surface area (Å²) in [5.41, 5.74) is 10.4. The van der Waals surface area contributed by atoms with Gasteiger partial charge in [-0.1, -0.05) is 0 Å². The Kier molecular flexibility index (Phi) is 5.64. The average molecular weight is 542 g/mol. The summed E-state index contributed by atoms with van der Waals surface area (Å²) in [5, 5.41) is 0. The predicted molar refractivity (Wildman–Crippen MR) is 148 cm³/mol. The van der Waals surface area contributed by atoms with Gasteiger partial charge in [-0.25, -0.2) is 14.4 Å². The number of piperidine rings is 1. The Labute approximate surface area is 231 Å². The Balaban J connectivity index is 1.07. The van der Waals surface area contributed by atoms with Crippen molar-refractivity contribution in [1.82, 2.24) is 19.3 Å². The number of pyridine rings is 2. The van der Waals surface area contributed by atoms with Crippen LogP contribution in [0, 0.1) is 24.6 Å². The molecular formula is C31H32FN5O3. The molecule has 0 radical (unpaired) electrons. The summed E-state index contributed by atoms with van der Waals surface area (Å²) in [4.78, 5) is 24.7. The summed E-state index contributed by atoms with van der Waals surface area (Å²) >= 11 is 0. The minimum absolute atomic E-state index is 0.0107. The van der Waals surface area contributed by atoms with Gasteiger partial charge in [-0.2, -0.15) is 0 Å². The van der Waals surface area contributed by atoms with E-state index in [9.17, 15) is 9.18 Å². The Hall–Kier alpha value is -3.98. The van der Waals surface area contributed by atoms with E-state index in [-0.39, 0.29) is 35.8 Å². The summed E-state index contributed by atoms with van der Waals surface area (Å²) in [6.07, 6.45) is 6.03. The van der Waals surface area contributed by atoms with Crippen LogP contribution in [0.3, 0.4) is 0 Å². The lowest BCUT2D eigenvalue weighted by Crippen LogP contribution is -2.33. The van der Waals surface area contributed by atoms with Crippen LogP contribution in [-0.4, -0.2) is 50.5 Å². The van der Waals surface area contributed by atoms with Crippen molar-refractivity contribution in [1.29, 1.82) is 0 Å². The molecule has 0 spiro atoms. The third kappa shape index (κ3) is 4.68. The first-order valence-corrected chi connectivity index (χ1v) is 13.8. The van der Waals surface area contributed by atoms with Crippen molar-refractivity contribution in [2.24, 2.45) is 17.6 Å². The molecule has 1 aromatic carbocycles. The number of imidazole rings is 1. The molecule has 3 fully saturated rings. The number of aromatic nitrogens is 3. The number of ether oxygens (including phenoxy) is 2. The van der Waals surface area contributed by atoms with Crippen LogP contribution in [0.25, 0.3) is 16.9 Å². The normalized spacial score (nSPS) is 21.9. The smallest absolute Gasteiger partial charge is 0.255 e. The highest BCUT2D eigenvalue weighted by Crippen LogP contribution is 2.48. The zero-order valence-corrected chi connectivity index (χ0v) is 22.8. The number of hydrogen-bond acceptors (Lipinski definition) is 6. The molecule has 3 atom stereocenters. The van der Waals surface area contributed by atoms with Crippen LogP contribution in [0.2, 0.25) is 0 Å². The highest BCUT2D eigenvalue weighted by atomic mass is 19.1. The maximum atomic E-state index is 13.5. The van der Waals surface area contributed by atoms with Gasteiger partial charge in [0.05, 0.1) is 23.1 Å². The van der Waals surface area contributed by atoms with Crippen molar-refractivity contribution in [2.45, 2.75) is 51.4 Å². The molecular weight excluding hydrogens is 509 g/mol. The molecule has 2 aliphatic carbocycles. The molecule has 3 aliphatic rings. The number of halogens is 1. The van der Waals surface area contributed by atoms with Gasteiger partial charge in [0.25, 0.3) is 5.91 Å². The second-order valence-corrected chi connectivity index (χ2v) is 12.0. The molecule has 4 aromatic rings. The Morgan fingerprint density at radius 2 is 1.75 bits per heavy atom.